The van der Waals surface area contributed by atoms with Crippen molar-refractivity contribution < 1.29 is 0 Å². The molecule has 0 spiro atoms. The van der Waals surface area contributed by atoms with Crippen LogP contribution >= 0.6 is 11.3 Å². The highest BCUT2D eigenvalue weighted by molar-refractivity contribution is 7.17. The maximum absolute atomic E-state index is 5.11. The Balaban J connectivity index is 1.14. The van der Waals surface area contributed by atoms with Crippen LogP contribution in [0.2, 0.25) is 19.6 Å². The Bertz CT molecular complexity index is 2630. The molecule has 0 saturated carbocycles. The minimum Gasteiger partial charge on any atom is -0.208 e. The average molecular weight is 706 g/mol. The lowest BCUT2D eigenvalue weighted by Crippen LogP contribution is -2.37. The van der Waals surface area contributed by atoms with Gasteiger partial charge in [0.2, 0.25) is 0 Å². The lowest BCUT2D eigenvalue weighted by Gasteiger charge is -2.23. The molecule has 9 rings (SSSR count). The number of hydrogen-bond acceptors (Lipinski definition) is 4. The van der Waals surface area contributed by atoms with E-state index in [-0.39, 0.29) is 5.41 Å². The molecule has 1 aliphatic carbocycles. The summed E-state index contributed by atoms with van der Waals surface area (Å²) >= 11 is 1.77. The Hall–Kier alpha value is -5.49. The Morgan fingerprint density at radius 3 is 1.85 bits per heavy atom. The van der Waals surface area contributed by atoms with Gasteiger partial charge in [-0.25, -0.2) is 15.0 Å². The number of rotatable bonds is 6. The Morgan fingerprint density at radius 2 is 1.10 bits per heavy atom. The summed E-state index contributed by atoms with van der Waals surface area (Å²) in [6, 6.07) is 50.3. The molecule has 0 radical (unpaired) electrons. The lowest BCUT2D eigenvalue weighted by molar-refractivity contribution is 0.660. The van der Waals surface area contributed by atoms with Crippen molar-refractivity contribution in [2.45, 2.75) is 38.9 Å². The van der Waals surface area contributed by atoms with Crippen LogP contribution < -0.4 is 5.19 Å². The van der Waals surface area contributed by atoms with E-state index in [0.717, 1.165) is 22.3 Å². The van der Waals surface area contributed by atoms with E-state index in [1.165, 1.54) is 54.2 Å². The predicted octanol–water partition coefficient (Wildman–Crippen LogP) is 12.3. The van der Waals surface area contributed by atoms with Crippen LogP contribution in [0.1, 0.15) is 25.0 Å². The third-order valence-electron chi connectivity index (χ3n) is 10.6. The average Bonchev–Trinajstić information content (AvgIpc) is 3.75. The number of fused-ring (bicyclic) bond motifs is 4. The molecule has 0 bridgehead atoms. The van der Waals surface area contributed by atoms with Crippen molar-refractivity contribution >= 4 is 34.7 Å². The monoisotopic (exact) mass is 705 g/mol. The quantitative estimate of drug-likeness (QED) is 0.162. The first-order valence-corrected chi connectivity index (χ1v) is 22.3. The third-order valence-corrected chi connectivity index (χ3v) is 13.5. The molecule has 52 heavy (non-hydrogen) atoms. The maximum Gasteiger partial charge on any atom is 0.164 e. The van der Waals surface area contributed by atoms with E-state index in [9.17, 15) is 0 Å². The topological polar surface area (TPSA) is 38.7 Å². The highest BCUT2D eigenvalue weighted by Crippen LogP contribution is 2.52. The molecule has 0 N–H and O–H groups in total. The molecule has 0 atom stereocenters. The summed E-state index contributed by atoms with van der Waals surface area (Å²) in [4.78, 5) is 15.2. The molecule has 2 heterocycles. The van der Waals surface area contributed by atoms with Crippen LogP contribution in [0.25, 0.3) is 77.6 Å². The number of aromatic nitrogens is 3. The van der Waals surface area contributed by atoms with Gasteiger partial charge in [-0.15, -0.1) is 11.3 Å². The van der Waals surface area contributed by atoms with Gasteiger partial charge < -0.3 is 0 Å². The first kappa shape index (κ1) is 32.4. The molecule has 6 aromatic carbocycles. The van der Waals surface area contributed by atoms with Crippen LogP contribution in [0.15, 0.2) is 145 Å². The molecule has 0 saturated heterocycles. The van der Waals surface area contributed by atoms with Crippen LogP contribution in [0.3, 0.4) is 0 Å². The zero-order chi connectivity index (χ0) is 35.6. The second-order valence-corrected chi connectivity index (χ2v) is 21.4. The van der Waals surface area contributed by atoms with Gasteiger partial charge in [0.15, 0.2) is 17.5 Å². The van der Waals surface area contributed by atoms with Gasteiger partial charge in [0.25, 0.3) is 0 Å². The summed E-state index contributed by atoms with van der Waals surface area (Å²) < 4.78 is 1.28. The lowest BCUT2D eigenvalue weighted by atomic mass is 9.82. The van der Waals surface area contributed by atoms with E-state index in [1.54, 1.807) is 11.3 Å². The zero-order valence-corrected chi connectivity index (χ0v) is 31.9. The SMILES string of the molecule is CC1(C)c2ccc([Si](C)(C)C)cc2-c2c(-c3ccc(-c4nc(-c5ccccc5)nc(-c5cccc(-c6cccc7sccc67)c5)n4)cc3)cccc21. The van der Waals surface area contributed by atoms with Crippen LogP contribution in [0, 0.1) is 0 Å². The summed E-state index contributed by atoms with van der Waals surface area (Å²) in [6.07, 6.45) is 0. The fourth-order valence-electron chi connectivity index (χ4n) is 7.73. The van der Waals surface area contributed by atoms with Gasteiger partial charge in [-0.05, 0) is 68.1 Å². The Kier molecular flexibility index (Phi) is 7.69. The highest BCUT2D eigenvalue weighted by atomic mass is 32.1. The second kappa shape index (κ2) is 12.3. The van der Waals surface area contributed by atoms with Crippen molar-refractivity contribution in [3.05, 3.63) is 156 Å². The number of hydrogen-bond donors (Lipinski definition) is 0. The summed E-state index contributed by atoms with van der Waals surface area (Å²) in [5.41, 5.74) is 13.2. The van der Waals surface area contributed by atoms with Crippen LogP contribution in [-0.2, 0) is 5.41 Å². The van der Waals surface area contributed by atoms with Crippen LogP contribution in [0.5, 0.6) is 0 Å². The zero-order valence-electron chi connectivity index (χ0n) is 30.1. The smallest absolute Gasteiger partial charge is 0.164 e. The molecule has 0 amide bonds. The van der Waals surface area contributed by atoms with E-state index < -0.39 is 8.07 Å². The fourth-order valence-corrected chi connectivity index (χ4v) is 9.71. The normalized spacial score (nSPS) is 13.2. The number of nitrogens with zero attached hydrogens (tertiary/aromatic N) is 3. The standard InChI is InChI=1S/C47H39N3SSi/c1-47(2)40-25-24-35(52(3,4)5)29-39(40)43-37(17-10-18-41(43)47)30-20-22-32(23-21-30)45-48-44(31-12-7-6-8-13-31)49-46(50-45)34-15-9-14-33(28-34)36-16-11-19-42-38(36)26-27-51-42/h6-29H,1-5H3. The Labute approximate surface area is 310 Å². The summed E-state index contributed by atoms with van der Waals surface area (Å²) in [6.45, 7) is 12.0. The van der Waals surface area contributed by atoms with E-state index in [1.807, 2.05) is 18.2 Å². The van der Waals surface area contributed by atoms with E-state index >= 15 is 0 Å². The van der Waals surface area contributed by atoms with Crippen LogP contribution in [0.4, 0.5) is 0 Å². The fraction of sp³-hybridized carbons (Fsp3) is 0.128. The van der Waals surface area contributed by atoms with Crippen LogP contribution in [-0.4, -0.2) is 23.0 Å². The van der Waals surface area contributed by atoms with Gasteiger partial charge in [-0.3, -0.25) is 0 Å². The van der Waals surface area contributed by atoms with Crippen molar-refractivity contribution in [3.8, 4) is 67.5 Å². The molecule has 0 unspecified atom stereocenters. The molecule has 0 aliphatic heterocycles. The number of benzene rings is 6. The van der Waals surface area contributed by atoms with Crippen molar-refractivity contribution in [2.24, 2.45) is 0 Å². The number of thiophene rings is 1. The maximum atomic E-state index is 5.11. The first-order chi connectivity index (χ1) is 25.1. The second-order valence-electron chi connectivity index (χ2n) is 15.3. The molecule has 5 heteroatoms. The van der Waals surface area contributed by atoms with Crippen molar-refractivity contribution in [1.82, 2.24) is 15.0 Å². The van der Waals surface area contributed by atoms with E-state index in [0.29, 0.717) is 17.5 Å². The largest absolute Gasteiger partial charge is 0.208 e. The minimum atomic E-state index is -1.49. The third kappa shape index (κ3) is 5.52. The molecular weight excluding hydrogens is 667 g/mol. The molecular formula is C47H39N3SSi. The minimum absolute atomic E-state index is 0.0543. The van der Waals surface area contributed by atoms with Gasteiger partial charge >= 0.3 is 0 Å². The summed E-state index contributed by atoms with van der Waals surface area (Å²) in [5.74, 6) is 1.98. The molecule has 3 nitrogen and oxygen atoms in total. The van der Waals surface area contributed by atoms with Crippen molar-refractivity contribution in [1.29, 1.82) is 0 Å². The molecule has 2 aromatic heterocycles. The van der Waals surface area contributed by atoms with Gasteiger partial charge in [0, 0.05) is 32.2 Å². The summed E-state index contributed by atoms with van der Waals surface area (Å²) in [7, 11) is -1.49. The molecule has 8 aromatic rings. The van der Waals surface area contributed by atoms with Gasteiger partial charge in [0.1, 0.15) is 0 Å². The van der Waals surface area contributed by atoms with Gasteiger partial charge in [-0.1, -0.05) is 160 Å². The van der Waals surface area contributed by atoms with E-state index in [2.05, 4.69) is 160 Å². The first-order valence-electron chi connectivity index (χ1n) is 17.9. The molecule has 0 fully saturated rings. The van der Waals surface area contributed by atoms with Gasteiger partial charge in [0.05, 0.1) is 8.07 Å². The predicted molar refractivity (Wildman–Crippen MR) is 223 cm³/mol. The van der Waals surface area contributed by atoms with Crippen molar-refractivity contribution in [2.75, 3.05) is 0 Å². The summed E-state index contributed by atoms with van der Waals surface area (Å²) in [5, 5.41) is 4.91. The Morgan fingerprint density at radius 1 is 0.481 bits per heavy atom. The van der Waals surface area contributed by atoms with Gasteiger partial charge in [-0.2, -0.15) is 0 Å². The van der Waals surface area contributed by atoms with E-state index in [4.69, 9.17) is 15.0 Å². The van der Waals surface area contributed by atoms with Crippen molar-refractivity contribution in [3.63, 3.8) is 0 Å². The molecule has 252 valence electrons. The highest BCUT2D eigenvalue weighted by Gasteiger charge is 2.37. The molecule has 1 aliphatic rings.